The number of anilines is 3. The lowest BCUT2D eigenvalue weighted by molar-refractivity contribution is 0.100. The average molecular weight is 452 g/mol. The summed E-state index contributed by atoms with van der Waals surface area (Å²) in [7, 11) is 0. The fourth-order valence-electron chi connectivity index (χ4n) is 4.16. The Kier molecular flexibility index (Phi) is 6.33. The molecule has 33 heavy (non-hydrogen) atoms. The van der Waals surface area contributed by atoms with Crippen molar-refractivity contribution >= 4 is 34.1 Å². The van der Waals surface area contributed by atoms with E-state index in [1.165, 1.54) is 0 Å². The van der Waals surface area contributed by atoms with Gasteiger partial charge in [0.25, 0.3) is 5.91 Å². The third-order valence-corrected chi connectivity index (χ3v) is 5.92. The van der Waals surface area contributed by atoms with Gasteiger partial charge in [-0.1, -0.05) is 26.0 Å². The third kappa shape index (κ3) is 4.54. The molecule has 2 heterocycles. The Balaban J connectivity index is 1.71. The summed E-state index contributed by atoms with van der Waals surface area (Å²) in [6, 6.07) is 6.52. The highest BCUT2D eigenvalue weighted by molar-refractivity contribution is 5.99. The number of hydrogen-bond donors (Lipinski definition) is 4. The zero-order valence-electron chi connectivity index (χ0n) is 19.1. The second kappa shape index (κ2) is 9.19. The minimum Gasteiger partial charge on any atom is -0.365 e. The molecule has 0 unspecified atom stereocenters. The molecule has 1 aromatic carbocycles. The first kappa shape index (κ1) is 22.7. The standard InChI is InChI=1S/C24H30FN7O/c1-4-32-20-10-9-14(11-15(20)21(31-32)13(2)3)28-23-16(22(27)33)12-17(25)24(30-23)29-19-8-6-5-7-18(19)26/h5,7,9-13,18-19H,4,6,8,26H2,1-3H3,(H2,27,33)(H2,28,29,30)/t18-,19+/m0/s1. The van der Waals surface area contributed by atoms with Gasteiger partial charge in [0, 0.05) is 29.7 Å². The predicted octanol–water partition coefficient (Wildman–Crippen LogP) is 4.01. The molecule has 2 atom stereocenters. The van der Waals surface area contributed by atoms with Crippen molar-refractivity contribution < 1.29 is 9.18 Å². The van der Waals surface area contributed by atoms with Gasteiger partial charge in [0.05, 0.1) is 16.8 Å². The summed E-state index contributed by atoms with van der Waals surface area (Å²) >= 11 is 0. The number of pyridine rings is 1. The molecule has 6 N–H and O–H groups in total. The van der Waals surface area contributed by atoms with Crippen molar-refractivity contribution in [2.75, 3.05) is 10.6 Å². The lowest BCUT2D eigenvalue weighted by Gasteiger charge is -2.26. The molecular weight excluding hydrogens is 421 g/mol. The minimum absolute atomic E-state index is 0.0284. The number of primary amides is 1. The zero-order chi connectivity index (χ0) is 23.7. The van der Waals surface area contributed by atoms with Crippen molar-refractivity contribution in [3.63, 3.8) is 0 Å². The van der Waals surface area contributed by atoms with E-state index in [2.05, 4.69) is 29.5 Å². The number of halogens is 1. The number of aryl methyl sites for hydroxylation is 1. The van der Waals surface area contributed by atoms with Crippen LogP contribution in [0.1, 0.15) is 55.6 Å². The van der Waals surface area contributed by atoms with E-state index in [1.54, 1.807) is 0 Å². The smallest absolute Gasteiger partial charge is 0.252 e. The molecule has 174 valence electrons. The van der Waals surface area contributed by atoms with Gasteiger partial charge in [-0.2, -0.15) is 5.10 Å². The molecule has 1 amide bonds. The Morgan fingerprint density at radius 3 is 2.76 bits per heavy atom. The van der Waals surface area contributed by atoms with Crippen LogP contribution in [0.4, 0.5) is 21.7 Å². The van der Waals surface area contributed by atoms with Crippen LogP contribution in [0.25, 0.3) is 10.9 Å². The maximum absolute atomic E-state index is 14.8. The number of fused-ring (bicyclic) bond motifs is 1. The second-order valence-electron chi connectivity index (χ2n) is 8.63. The lowest BCUT2D eigenvalue weighted by atomic mass is 9.97. The van der Waals surface area contributed by atoms with E-state index in [9.17, 15) is 9.18 Å². The van der Waals surface area contributed by atoms with Gasteiger partial charge >= 0.3 is 0 Å². The highest BCUT2D eigenvalue weighted by atomic mass is 19.1. The maximum atomic E-state index is 14.8. The molecule has 0 fully saturated rings. The van der Waals surface area contributed by atoms with E-state index in [0.29, 0.717) is 5.69 Å². The van der Waals surface area contributed by atoms with E-state index in [0.717, 1.165) is 42.0 Å². The van der Waals surface area contributed by atoms with Crippen LogP contribution < -0.4 is 22.1 Å². The van der Waals surface area contributed by atoms with Crippen LogP contribution in [-0.4, -0.2) is 32.8 Å². The topological polar surface area (TPSA) is 124 Å². The van der Waals surface area contributed by atoms with Crippen LogP contribution in [0.2, 0.25) is 0 Å². The zero-order valence-corrected chi connectivity index (χ0v) is 19.1. The highest BCUT2D eigenvalue weighted by Gasteiger charge is 2.22. The first-order valence-electron chi connectivity index (χ1n) is 11.2. The number of carbonyl (C=O) groups excluding carboxylic acids is 1. The molecule has 8 nitrogen and oxygen atoms in total. The van der Waals surface area contributed by atoms with E-state index in [-0.39, 0.29) is 35.2 Å². The second-order valence-corrected chi connectivity index (χ2v) is 8.63. The summed E-state index contributed by atoms with van der Waals surface area (Å²) in [4.78, 5) is 16.4. The van der Waals surface area contributed by atoms with E-state index < -0.39 is 11.7 Å². The Hall–Kier alpha value is -3.46. The Morgan fingerprint density at radius 2 is 2.09 bits per heavy atom. The van der Waals surface area contributed by atoms with Crippen molar-refractivity contribution in [3.8, 4) is 0 Å². The molecule has 0 bridgehead atoms. The van der Waals surface area contributed by atoms with Crippen molar-refractivity contribution in [1.29, 1.82) is 0 Å². The molecule has 0 radical (unpaired) electrons. The molecule has 9 heteroatoms. The van der Waals surface area contributed by atoms with E-state index in [1.807, 2.05) is 42.0 Å². The first-order chi connectivity index (χ1) is 15.8. The van der Waals surface area contributed by atoms with Crippen molar-refractivity contribution in [3.05, 3.63) is 53.5 Å². The Labute approximate surface area is 192 Å². The quantitative estimate of drug-likeness (QED) is 0.402. The fourth-order valence-corrected chi connectivity index (χ4v) is 4.16. The first-order valence-corrected chi connectivity index (χ1v) is 11.2. The van der Waals surface area contributed by atoms with Gasteiger partial charge in [-0.25, -0.2) is 9.37 Å². The summed E-state index contributed by atoms with van der Waals surface area (Å²) < 4.78 is 16.7. The lowest BCUT2D eigenvalue weighted by Crippen LogP contribution is -2.40. The van der Waals surface area contributed by atoms with Gasteiger partial charge in [-0.15, -0.1) is 0 Å². The monoisotopic (exact) mass is 451 g/mol. The molecule has 3 aromatic rings. The van der Waals surface area contributed by atoms with E-state index >= 15 is 0 Å². The van der Waals surface area contributed by atoms with Crippen molar-refractivity contribution in [1.82, 2.24) is 14.8 Å². The van der Waals surface area contributed by atoms with Gasteiger partial charge < -0.3 is 22.1 Å². The number of nitrogens with zero attached hydrogens (tertiary/aromatic N) is 3. The van der Waals surface area contributed by atoms with Gasteiger partial charge in [0.2, 0.25) is 0 Å². The number of nitrogens with two attached hydrogens (primary N) is 2. The van der Waals surface area contributed by atoms with Gasteiger partial charge in [-0.3, -0.25) is 9.48 Å². The van der Waals surface area contributed by atoms with Gasteiger partial charge in [-0.05, 0) is 49.9 Å². The minimum atomic E-state index is -0.768. The normalized spacial score (nSPS) is 18.1. The van der Waals surface area contributed by atoms with Crippen LogP contribution in [0.5, 0.6) is 0 Å². The average Bonchev–Trinajstić information content (AvgIpc) is 3.15. The van der Waals surface area contributed by atoms with Crippen LogP contribution >= 0.6 is 0 Å². The molecule has 2 aromatic heterocycles. The molecule has 0 spiro atoms. The summed E-state index contributed by atoms with van der Waals surface area (Å²) in [6.07, 6.45) is 5.52. The number of aromatic nitrogens is 3. The predicted molar refractivity (Wildman–Crippen MR) is 129 cm³/mol. The van der Waals surface area contributed by atoms with Crippen molar-refractivity contribution in [2.45, 2.75) is 58.2 Å². The number of nitrogens with one attached hydrogen (secondary N) is 2. The van der Waals surface area contributed by atoms with Crippen LogP contribution in [-0.2, 0) is 6.54 Å². The van der Waals surface area contributed by atoms with E-state index in [4.69, 9.17) is 16.6 Å². The van der Waals surface area contributed by atoms with Gasteiger partial charge in [0.1, 0.15) is 5.82 Å². The van der Waals surface area contributed by atoms with Crippen molar-refractivity contribution in [2.24, 2.45) is 11.5 Å². The summed E-state index contributed by atoms with van der Waals surface area (Å²) in [6.45, 7) is 7.00. The summed E-state index contributed by atoms with van der Waals surface area (Å²) in [5.41, 5.74) is 14.3. The molecule has 0 saturated carbocycles. The summed E-state index contributed by atoms with van der Waals surface area (Å²) in [5.74, 6) is -0.973. The number of carbonyl (C=O) groups is 1. The molecule has 0 saturated heterocycles. The molecule has 4 rings (SSSR count). The maximum Gasteiger partial charge on any atom is 0.252 e. The number of benzene rings is 1. The molecular formula is C24H30FN7O. The van der Waals surface area contributed by atoms with Crippen LogP contribution in [0.15, 0.2) is 36.4 Å². The SMILES string of the molecule is CCn1nc(C(C)C)c2cc(Nc3nc(N[C@@H]4CCC=C[C@@H]4N)c(F)cc3C(N)=O)ccc21. The largest absolute Gasteiger partial charge is 0.365 e. The number of hydrogen-bond acceptors (Lipinski definition) is 6. The Bertz CT molecular complexity index is 1220. The molecule has 1 aliphatic rings. The number of rotatable bonds is 7. The molecule has 1 aliphatic carbocycles. The Morgan fingerprint density at radius 1 is 1.30 bits per heavy atom. The summed E-state index contributed by atoms with van der Waals surface area (Å²) in [5, 5.41) is 12.0. The van der Waals surface area contributed by atoms with Gasteiger partial charge in [0.15, 0.2) is 11.6 Å². The number of amides is 1. The van der Waals surface area contributed by atoms with Crippen LogP contribution in [0.3, 0.4) is 0 Å². The fraction of sp³-hybridized carbons (Fsp3) is 0.375. The number of allylic oxidation sites excluding steroid dienone is 1. The highest BCUT2D eigenvalue weighted by Crippen LogP contribution is 2.30. The molecule has 0 aliphatic heterocycles. The van der Waals surface area contributed by atoms with Crippen LogP contribution in [0, 0.1) is 5.82 Å². The third-order valence-electron chi connectivity index (χ3n) is 5.92.